The number of carbonyl (C=O) groups excluding carboxylic acids is 1. The number of hydrogen-bond donors (Lipinski definition) is 2. The maximum Gasteiger partial charge on any atom is 0.290 e. The van der Waals surface area contributed by atoms with E-state index in [9.17, 15) is 4.79 Å². The number of carbonyl (C=O) groups is 2. The number of aromatic nitrogens is 1. The number of carboxylic acid groups (broad SMARTS) is 1. The van der Waals surface area contributed by atoms with Crippen LogP contribution < -0.4 is 10.1 Å². The van der Waals surface area contributed by atoms with Gasteiger partial charge in [-0.1, -0.05) is 35.9 Å². The van der Waals surface area contributed by atoms with Crippen molar-refractivity contribution < 1.29 is 19.4 Å². The van der Waals surface area contributed by atoms with E-state index in [-0.39, 0.29) is 12.4 Å². The minimum Gasteiger partial charge on any atom is -0.491 e. The van der Waals surface area contributed by atoms with Crippen molar-refractivity contribution in [2.45, 2.75) is 18.9 Å². The molecule has 0 saturated carbocycles. The fraction of sp³-hybridized carbons (Fsp3) is 0.190. The van der Waals surface area contributed by atoms with Crippen LogP contribution in [0, 0.1) is 6.92 Å². The zero-order chi connectivity index (χ0) is 20.0. The Morgan fingerprint density at radius 1 is 1.25 bits per heavy atom. The molecule has 0 bridgehead atoms. The third-order valence-corrected chi connectivity index (χ3v) is 5.39. The standard InChI is InChI=1S/C20H18N2O2S.CH2O2/c1-14-6-8-15(9-7-14)20(22-19(23)17-5-3-13-25-17)10-12-24-16-4-2-11-21-18(16)20;2-1-3/h2-9,11,13H,10,12H2,1H3,(H,22,23);1H,(H,2,3)/t20-;/m0./s1. The van der Waals surface area contributed by atoms with Gasteiger partial charge in [0.25, 0.3) is 12.4 Å². The van der Waals surface area contributed by atoms with Gasteiger partial charge < -0.3 is 15.2 Å². The summed E-state index contributed by atoms with van der Waals surface area (Å²) in [5, 5.41) is 12.1. The van der Waals surface area contributed by atoms with Gasteiger partial charge in [-0.2, -0.15) is 0 Å². The summed E-state index contributed by atoms with van der Waals surface area (Å²) in [5.41, 5.74) is 2.27. The van der Waals surface area contributed by atoms with E-state index < -0.39 is 5.54 Å². The zero-order valence-electron chi connectivity index (χ0n) is 15.3. The van der Waals surface area contributed by atoms with Gasteiger partial charge in [-0.3, -0.25) is 14.6 Å². The van der Waals surface area contributed by atoms with E-state index in [0.717, 1.165) is 17.0 Å². The van der Waals surface area contributed by atoms with Gasteiger partial charge in [0, 0.05) is 12.6 Å². The van der Waals surface area contributed by atoms with Crippen molar-refractivity contribution in [3.63, 3.8) is 0 Å². The van der Waals surface area contributed by atoms with Gasteiger partial charge in [-0.05, 0) is 36.1 Å². The Hall–Kier alpha value is -3.19. The number of amides is 1. The maximum atomic E-state index is 12.9. The molecule has 3 aromatic rings. The first-order chi connectivity index (χ1) is 13.6. The third-order valence-electron chi connectivity index (χ3n) is 4.53. The van der Waals surface area contributed by atoms with E-state index in [4.69, 9.17) is 14.6 Å². The van der Waals surface area contributed by atoms with Gasteiger partial charge in [0.15, 0.2) is 0 Å². The molecule has 1 atom stereocenters. The molecule has 0 fully saturated rings. The highest BCUT2D eigenvalue weighted by Gasteiger charge is 2.42. The molecule has 28 heavy (non-hydrogen) atoms. The van der Waals surface area contributed by atoms with Gasteiger partial charge in [0.1, 0.15) is 17.0 Å². The normalized spacial score (nSPS) is 17.3. The number of hydrogen-bond acceptors (Lipinski definition) is 5. The first kappa shape index (κ1) is 19.6. The number of fused-ring (bicyclic) bond motifs is 1. The van der Waals surface area contributed by atoms with Crippen LogP contribution >= 0.6 is 11.3 Å². The number of pyridine rings is 1. The number of thiophene rings is 1. The Bertz CT molecular complexity index is 941. The van der Waals surface area contributed by atoms with Crippen LogP contribution in [-0.2, 0) is 10.3 Å². The molecular weight excluding hydrogens is 376 g/mol. The van der Waals surface area contributed by atoms with Crippen LogP contribution in [-0.4, -0.2) is 29.1 Å². The lowest BCUT2D eigenvalue weighted by Crippen LogP contribution is -2.50. The number of ether oxygens (including phenoxy) is 1. The fourth-order valence-electron chi connectivity index (χ4n) is 3.24. The number of aryl methyl sites for hydroxylation is 1. The highest BCUT2D eigenvalue weighted by molar-refractivity contribution is 7.12. The molecular formula is C21H20N2O4S. The van der Waals surface area contributed by atoms with Crippen molar-refractivity contribution in [2.75, 3.05) is 6.61 Å². The highest BCUT2D eigenvalue weighted by Crippen LogP contribution is 2.40. The summed E-state index contributed by atoms with van der Waals surface area (Å²) in [6.07, 6.45) is 2.38. The molecule has 1 aliphatic heterocycles. The van der Waals surface area contributed by atoms with Gasteiger partial charge in [0.2, 0.25) is 0 Å². The van der Waals surface area contributed by atoms with Gasteiger partial charge in [-0.15, -0.1) is 11.3 Å². The molecule has 4 rings (SSSR count). The SMILES string of the molecule is Cc1ccc([C@@]2(NC(=O)c3cccs3)CCOc3cccnc32)cc1.O=CO. The second kappa shape index (κ2) is 8.67. The lowest BCUT2D eigenvalue weighted by atomic mass is 9.81. The molecule has 2 aromatic heterocycles. The van der Waals surface area contributed by atoms with Crippen molar-refractivity contribution >= 4 is 23.7 Å². The van der Waals surface area contributed by atoms with Crippen molar-refractivity contribution in [2.24, 2.45) is 0 Å². The van der Waals surface area contributed by atoms with Gasteiger partial charge >= 0.3 is 0 Å². The van der Waals surface area contributed by atoms with Gasteiger partial charge in [-0.25, -0.2) is 0 Å². The highest BCUT2D eigenvalue weighted by atomic mass is 32.1. The van der Waals surface area contributed by atoms with Crippen LogP contribution in [0.3, 0.4) is 0 Å². The maximum absolute atomic E-state index is 12.9. The molecule has 0 unspecified atom stereocenters. The predicted molar refractivity (Wildman–Crippen MR) is 107 cm³/mol. The summed E-state index contributed by atoms with van der Waals surface area (Å²) in [6, 6.07) is 15.7. The Morgan fingerprint density at radius 2 is 2.00 bits per heavy atom. The van der Waals surface area contributed by atoms with Crippen LogP contribution in [0.25, 0.3) is 0 Å². The monoisotopic (exact) mass is 396 g/mol. The first-order valence-electron chi connectivity index (χ1n) is 8.70. The summed E-state index contributed by atoms with van der Waals surface area (Å²) in [4.78, 5) is 26.5. The van der Waals surface area contributed by atoms with Crippen LogP contribution in [0.15, 0.2) is 60.1 Å². The number of nitrogens with zero attached hydrogens (tertiary/aromatic N) is 1. The average molecular weight is 396 g/mol. The molecule has 0 spiro atoms. The van der Waals surface area contributed by atoms with Crippen molar-refractivity contribution in [1.29, 1.82) is 0 Å². The molecule has 144 valence electrons. The second-order valence-corrected chi connectivity index (χ2v) is 7.20. The van der Waals surface area contributed by atoms with E-state index in [0.29, 0.717) is 17.9 Å². The predicted octanol–water partition coefficient (Wildman–Crippen LogP) is 3.61. The Morgan fingerprint density at radius 3 is 2.68 bits per heavy atom. The molecule has 3 heterocycles. The third kappa shape index (κ3) is 3.89. The largest absolute Gasteiger partial charge is 0.491 e. The average Bonchev–Trinajstić information content (AvgIpc) is 3.24. The Labute approximate surface area is 166 Å². The van der Waals surface area contributed by atoms with E-state index >= 15 is 0 Å². The number of benzene rings is 1. The summed E-state index contributed by atoms with van der Waals surface area (Å²) >= 11 is 1.43. The topological polar surface area (TPSA) is 88.5 Å². The molecule has 0 saturated heterocycles. The van der Waals surface area contributed by atoms with E-state index in [1.165, 1.54) is 16.9 Å². The summed E-state index contributed by atoms with van der Waals surface area (Å²) in [5.74, 6) is 0.634. The van der Waals surface area contributed by atoms with Crippen LogP contribution in [0.2, 0.25) is 0 Å². The molecule has 1 aliphatic rings. The molecule has 6 nitrogen and oxygen atoms in total. The van der Waals surface area contributed by atoms with Crippen LogP contribution in [0.5, 0.6) is 5.75 Å². The molecule has 0 radical (unpaired) electrons. The van der Waals surface area contributed by atoms with E-state index in [1.807, 2.05) is 29.6 Å². The second-order valence-electron chi connectivity index (χ2n) is 6.26. The lowest BCUT2D eigenvalue weighted by Gasteiger charge is -2.38. The van der Waals surface area contributed by atoms with Crippen molar-refractivity contribution in [3.05, 3.63) is 81.8 Å². The lowest BCUT2D eigenvalue weighted by molar-refractivity contribution is -0.122. The van der Waals surface area contributed by atoms with Crippen molar-refractivity contribution in [3.8, 4) is 5.75 Å². The summed E-state index contributed by atoms with van der Waals surface area (Å²) < 4.78 is 5.79. The molecule has 2 N–H and O–H groups in total. The number of rotatable bonds is 3. The quantitative estimate of drug-likeness (QED) is 0.660. The molecule has 1 amide bonds. The smallest absolute Gasteiger partial charge is 0.290 e. The van der Waals surface area contributed by atoms with Crippen LogP contribution in [0.4, 0.5) is 0 Å². The summed E-state index contributed by atoms with van der Waals surface area (Å²) in [6.45, 7) is 2.33. The first-order valence-corrected chi connectivity index (χ1v) is 9.58. The number of nitrogens with one attached hydrogen (secondary N) is 1. The fourth-order valence-corrected chi connectivity index (χ4v) is 3.86. The summed E-state index contributed by atoms with van der Waals surface area (Å²) in [7, 11) is 0. The zero-order valence-corrected chi connectivity index (χ0v) is 16.1. The van der Waals surface area contributed by atoms with E-state index in [2.05, 4.69) is 41.5 Å². The van der Waals surface area contributed by atoms with Crippen molar-refractivity contribution in [1.82, 2.24) is 10.3 Å². The van der Waals surface area contributed by atoms with Gasteiger partial charge in [0.05, 0.1) is 11.5 Å². The molecule has 7 heteroatoms. The minimum absolute atomic E-state index is 0.0888. The van der Waals surface area contributed by atoms with E-state index in [1.54, 1.807) is 6.20 Å². The molecule has 0 aliphatic carbocycles. The Balaban J connectivity index is 0.000000706. The minimum atomic E-state index is -0.691. The Kier molecular flexibility index (Phi) is 6.06. The van der Waals surface area contributed by atoms with Crippen LogP contribution in [0.1, 0.15) is 32.9 Å². The molecule has 1 aromatic carbocycles.